The van der Waals surface area contributed by atoms with Gasteiger partial charge in [0.15, 0.2) is 0 Å². The highest BCUT2D eigenvalue weighted by molar-refractivity contribution is 5.67. The van der Waals surface area contributed by atoms with Crippen LogP contribution < -0.4 is 15.2 Å². The van der Waals surface area contributed by atoms with Crippen molar-refractivity contribution in [2.24, 2.45) is 0 Å². The minimum absolute atomic E-state index is 0.371. The van der Waals surface area contributed by atoms with Crippen LogP contribution >= 0.6 is 0 Å². The van der Waals surface area contributed by atoms with Crippen molar-refractivity contribution in [3.63, 3.8) is 0 Å². The van der Waals surface area contributed by atoms with Gasteiger partial charge in [-0.1, -0.05) is 0 Å². The topological polar surface area (TPSA) is 64.2 Å². The summed E-state index contributed by atoms with van der Waals surface area (Å²) >= 11 is 0. The lowest BCUT2D eigenvalue weighted by Gasteiger charge is -2.12. The summed E-state index contributed by atoms with van der Waals surface area (Å²) in [4.78, 5) is 17.2. The molecule has 1 aromatic carbocycles. The lowest BCUT2D eigenvalue weighted by Crippen LogP contribution is -2.07. The third-order valence-corrected chi connectivity index (χ3v) is 2.76. The van der Waals surface area contributed by atoms with E-state index in [1.165, 1.54) is 6.20 Å². The van der Waals surface area contributed by atoms with Gasteiger partial charge in [-0.05, 0) is 24.6 Å². The van der Waals surface area contributed by atoms with Crippen LogP contribution in [-0.4, -0.2) is 24.2 Å². The zero-order valence-electron chi connectivity index (χ0n) is 10.5. The largest absolute Gasteiger partial charge is 0.496 e. The summed E-state index contributed by atoms with van der Waals surface area (Å²) in [6, 6.07) is 3.76. The number of ether oxygens (including phenoxy) is 2. The van der Waals surface area contributed by atoms with Crippen LogP contribution in [0.1, 0.15) is 5.56 Å². The number of benzene rings is 1. The fourth-order valence-corrected chi connectivity index (χ4v) is 1.75. The number of nitrogens with zero attached hydrogens (tertiary/aromatic N) is 1. The van der Waals surface area contributed by atoms with Crippen molar-refractivity contribution in [2.45, 2.75) is 6.92 Å². The molecule has 1 N–H and O–H groups in total. The molecule has 2 aromatic rings. The summed E-state index contributed by atoms with van der Waals surface area (Å²) in [5.74, 6) is 1.46. The fourth-order valence-electron chi connectivity index (χ4n) is 1.75. The van der Waals surface area contributed by atoms with Crippen LogP contribution in [0, 0.1) is 6.92 Å². The molecule has 5 nitrogen and oxygen atoms in total. The Morgan fingerprint density at radius 3 is 2.17 bits per heavy atom. The molecule has 0 saturated heterocycles. The van der Waals surface area contributed by atoms with Gasteiger partial charge >= 0.3 is 5.69 Å². The van der Waals surface area contributed by atoms with E-state index in [1.807, 2.05) is 19.1 Å². The molecule has 94 valence electrons. The number of hydrogen-bond acceptors (Lipinski definition) is 4. The lowest BCUT2D eigenvalue weighted by molar-refractivity contribution is 0.389. The van der Waals surface area contributed by atoms with E-state index in [2.05, 4.69) is 9.97 Å². The standard InChI is InChI=1S/C13H14N2O3/c1-8-11(17-2)4-9(5-12(8)18-3)10-6-14-13(16)15-7-10/h4-7H,1-3H3,(H,14,15,16). The zero-order chi connectivity index (χ0) is 13.1. The number of methoxy groups -OCH3 is 2. The summed E-state index contributed by atoms with van der Waals surface area (Å²) in [7, 11) is 3.22. The first-order valence-electron chi connectivity index (χ1n) is 5.43. The summed E-state index contributed by atoms with van der Waals surface area (Å²) in [6.45, 7) is 1.92. The van der Waals surface area contributed by atoms with Gasteiger partial charge in [0, 0.05) is 23.5 Å². The summed E-state index contributed by atoms with van der Waals surface area (Å²) < 4.78 is 10.6. The van der Waals surface area contributed by atoms with Gasteiger partial charge in [0.05, 0.1) is 14.2 Å². The molecule has 2 rings (SSSR count). The van der Waals surface area contributed by atoms with Crippen LogP contribution in [0.2, 0.25) is 0 Å². The van der Waals surface area contributed by atoms with Gasteiger partial charge in [-0.15, -0.1) is 0 Å². The van der Waals surface area contributed by atoms with Crippen molar-refractivity contribution in [1.29, 1.82) is 0 Å². The summed E-state index contributed by atoms with van der Waals surface area (Å²) in [5, 5.41) is 0. The van der Waals surface area contributed by atoms with Gasteiger partial charge in [-0.3, -0.25) is 0 Å². The second kappa shape index (κ2) is 4.91. The Bertz CT molecular complexity index is 574. The second-order valence-electron chi connectivity index (χ2n) is 3.81. The third-order valence-electron chi connectivity index (χ3n) is 2.76. The van der Waals surface area contributed by atoms with E-state index in [0.717, 1.165) is 28.2 Å². The molecule has 0 fully saturated rings. The first-order chi connectivity index (χ1) is 8.65. The Morgan fingerprint density at radius 2 is 1.72 bits per heavy atom. The molecule has 1 heterocycles. The number of H-pyrrole nitrogens is 1. The fraction of sp³-hybridized carbons (Fsp3) is 0.231. The van der Waals surface area contributed by atoms with Crippen LogP contribution in [0.15, 0.2) is 29.3 Å². The quantitative estimate of drug-likeness (QED) is 0.896. The van der Waals surface area contributed by atoms with Crippen molar-refractivity contribution in [3.05, 3.63) is 40.6 Å². The normalized spacial score (nSPS) is 10.2. The predicted octanol–water partition coefficient (Wildman–Crippen LogP) is 1.76. The van der Waals surface area contributed by atoms with Crippen LogP contribution in [0.4, 0.5) is 0 Å². The molecule has 0 aliphatic carbocycles. The van der Waals surface area contributed by atoms with E-state index in [1.54, 1.807) is 20.4 Å². The van der Waals surface area contributed by atoms with E-state index in [0.29, 0.717) is 0 Å². The van der Waals surface area contributed by atoms with Crippen molar-refractivity contribution in [1.82, 2.24) is 9.97 Å². The maximum Gasteiger partial charge on any atom is 0.344 e. The number of nitrogens with one attached hydrogen (secondary N) is 1. The van der Waals surface area contributed by atoms with Gasteiger partial charge in [-0.25, -0.2) is 9.78 Å². The van der Waals surface area contributed by atoms with Crippen LogP contribution in [0.5, 0.6) is 11.5 Å². The first-order valence-corrected chi connectivity index (χ1v) is 5.43. The molecule has 0 spiro atoms. The smallest absolute Gasteiger partial charge is 0.344 e. The molecule has 0 aliphatic rings. The van der Waals surface area contributed by atoms with Crippen molar-refractivity contribution in [3.8, 4) is 22.6 Å². The monoisotopic (exact) mass is 246 g/mol. The molecule has 0 unspecified atom stereocenters. The van der Waals surface area contributed by atoms with E-state index < -0.39 is 0 Å². The highest BCUT2D eigenvalue weighted by Gasteiger charge is 2.09. The highest BCUT2D eigenvalue weighted by atomic mass is 16.5. The van der Waals surface area contributed by atoms with Gasteiger partial charge in [-0.2, -0.15) is 0 Å². The number of aromatic nitrogens is 2. The number of aromatic amines is 1. The first kappa shape index (κ1) is 12.2. The summed E-state index contributed by atoms with van der Waals surface area (Å²) in [6.07, 6.45) is 3.13. The second-order valence-corrected chi connectivity index (χ2v) is 3.81. The van der Waals surface area contributed by atoms with Crippen LogP contribution in [0.3, 0.4) is 0 Å². The third kappa shape index (κ3) is 2.20. The average Bonchev–Trinajstić information content (AvgIpc) is 2.40. The predicted molar refractivity (Wildman–Crippen MR) is 68.1 cm³/mol. The molecular weight excluding hydrogens is 232 g/mol. The van der Waals surface area contributed by atoms with Gasteiger partial charge in [0.2, 0.25) is 0 Å². The Labute approximate surface area is 104 Å². The molecular formula is C13H14N2O3. The Hall–Kier alpha value is -2.30. The molecule has 18 heavy (non-hydrogen) atoms. The van der Waals surface area contributed by atoms with Crippen molar-refractivity contribution in [2.75, 3.05) is 14.2 Å². The Balaban J connectivity index is 2.57. The molecule has 0 amide bonds. The molecule has 0 atom stereocenters. The van der Waals surface area contributed by atoms with Gasteiger partial charge in [0.1, 0.15) is 11.5 Å². The zero-order valence-corrected chi connectivity index (χ0v) is 10.5. The maximum atomic E-state index is 10.9. The van der Waals surface area contributed by atoms with E-state index in [-0.39, 0.29) is 5.69 Å². The molecule has 5 heteroatoms. The summed E-state index contributed by atoms with van der Waals surface area (Å²) in [5.41, 5.74) is 2.23. The molecule has 0 radical (unpaired) electrons. The minimum Gasteiger partial charge on any atom is -0.496 e. The van der Waals surface area contributed by atoms with E-state index in [4.69, 9.17) is 9.47 Å². The van der Waals surface area contributed by atoms with Crippen LogP contribution in [0.25, 0.3) is 11.1 Å². The molecule has 1 aromatic heterocycles. The Kier molecular flexibility index (Phi) is 3.32. The van der Waals surface area contributed by atoms with Crippen molar-refractivity contribution >= 4 is 0 Å². The SMILES string of the molecule is COc1cc(-c2cnc(=O)[nH]c2)cc(OC)c1C. The average molecular weight is 246 g/mol. The van der Waals surface area contributed by atoms with Gasteiger partial charge in [0.25, 0.3) is 0 Å². The molecule has 0 bridgehead atoms. The minimum atomic E-state index is -0.371. The van der Waals surface area contributed by atoms with E-state index in [9.17, 15) is 4.79 Å². The Morgan fingerprint density at radius 1 is 1.11 bits per heavy atom. The molecule has 0 saturated carbocycles. The number of hydrogen-bond donors (Lipinski definition) is 1. The van der Waals surface area contributed by atoms with Crippen molar-refractivity contribution < 1.29 is 9.47 Å². The molecule has 0 aliphatic heterocycles. The maximum absolute atomic E-state index is 10.9. The van der Waals surface area contributed by atoms with Crippen LogP contribution in [-0.2, 0) is 0 Å². The van der Waals surface area contributed by atoms with E-state index >= 15 is 0 Å². The highest BCUT2D eigenvalue weighted by Crippen LogP contribution is 2.33. The van der Waals surface area contributed by atoms with Gasteiger partial charge < -0.3 is 14.5 Å². The lowest BCUT2D eigenvalue weighted by atomic mass is 10.1. The number of rotatable bonds is 3.